The van der Waals surface area contributed by atoms with Gasteiger partial charge in [-0.2, -0.15) is 5.26 Å². The lowest BCUT2D eigenvalue weighted by Crippen LogP contribution is -2.14. The Labute approximate surface area is 139 Å². The van der Waals surface area contributed by atoms with E-state index in [-0.39, 0.29) is 5.91 Å². The van der Waals surface area contributed by atoms with E-state index < -0.39 is 0 Å². The highest BCUT2D eigenvalue weighted by Crippen LogP contribution is 2.16. The third kappa shape index (κ3) is 5.44. The molecular weight excluding hydrogens is 316 g/mol. The topological polar surface area (TPSA) is 52.9 Å². The van der Waals surface area contributed by atoms with E-state index in [4.69, 9.17) is 16.9 Å². The van der Waals surface area contributed by atoms with E-state index in [1.165, 1.54) is 0 Å². The zero-order valence-corrected chi connectivity index (χ0v) is 13.5. The SMILES string of the molecule is N#CCc1ccc(NC(=O)CSCc2ccc(Cl)cc2)cc1. The Morgan fingerprint density at radius 1 is 1.09 bits per heavy atom. The Balaban J connectivity index is 1.75. The second-order valence-electron chi connectivity index (χ2n) is 4.70. The lowest BCUT2D eigenvalue weighted by molar-refractivity contribution is -0.113. The Morgan fingerprint density at radius 2 is 1.73 bits per heavy atom. The van der Waals surface area contributed by atoms with E-state index in [1.54, 1.807) is 11.8 Å². The molecule has 1 amide bonds. The maximum atomic E-state index is 11.9. The van der Waals surface area contributed by atoms with Crippen LogP contribution in [-0.2, 0) is 17.0 Å². The molecule has 0 saturated carbocycles. The van der Waals surface area contributed by atoms with Crippen LogP contribution in [0.2, 0.25) is 5.02 Å². The molecule has 22 heavy (non-hydrogen) atoms. The summed E-state index contributed by atoms with van der Waals surface area (Å²) in [6.07, 6.45) is 0.380. The Morgan fingerprint density at radius 3 is 2.36 bits per heavy atom. The number of thioether (sulfide) groups is 1. The first-order chi connectivity index (χ1) is 10.7. The van der Waals surface area contributed by atoms with Gasteiger partial charge in [-0.25, -0.2) is 0 Å². The van der Waals surface area contributed by atoms with E-state index in [9.17, 15) is 4.79 Å². The molecule has 0 aliphatic rings. The van der Waals surface area contributed by atoms with Gasteiger partial charge in [0, 0.05) is 16.5 Å². The largest absolute Gasteiger partial charge is 0.325 e. The molecule has 112 valence electrons. The number of carbonyl (C=O) groups is 1. The van der Waals surface area contributed by atoms with Gasteiger partial charge in [0.25, 0.3) is 0 Å². The molecule has 3 nitrogen and oxygen atoms in total. The molecule has 0 spiro atoms. The summed E-state index contributed by atoms with van der Waals surface area (Å²) in [5.74, 6) is 1.13. The smallest absolute Gasteiger partial charge is 0.234 e. The number of nitrogens with one attached hydrogen (secondary N) is 1. The molecule has 5 heteroatoms. The molecular formula is C17H15ClN2OS. The van der Waals surface area contributed by atoms with Crippen LogP contribution < -0.4 is 5.32 Å². The third-order valence-electron chi connectivity index (χ3n) is 2.94. The van der Waals surface area contributed by atoms with E-state index in [1.807, 2.05) is 48.5 Å². The summed E-state index contributed by atoms with van der Waals surface area (Å²) in [7, 11) is 0. The molecule has 0 radical (unpaired) electrons. The van der Waals surface area contributed by atoms with Crippen molar-refractivity contribution < 1.29 is 4.79 Å². The first-order valence-electron chi connectivity index (χ1n) is 6.75. The fraction of sp³-hybridized carbons (Fsp3) is 0.176. The summed E-state index contributed by atoms with van der Waals surface area (Å²) in [4.78, 5) is 11.9. The molecule has 2 aromatic carbocycles. The molecule has 0 saturated heterocycles. The molecule has 0 heterocycles. The zero-order chi connectivity index (χ0) is 15.8. The standard InChI is InChI=1S/C17H15ClN2OS/c18-15-5-1-14(2-6-15)11-22-12-17(21)20-16-7-3-13(4-8-16)9-10-19/h1-8H,9,11-12H2,(H,20,21). The van der Waals surface area contributed by atoms with Crippen molar-refractivity contribution in [3.63, 3.8) is 0 Å². The minimum absolute atomic E-state index is 0.0352. The van der Waals surface area contributed by atoms with Crippen molar-refractivity contribution in [3.8, 4) is 6.07 Å². The number of hydrogen-bond acceptors (Lipinski definition) is 3. The Hall–Kier alpha value is -1.96. The van der Waals surface area contributed by atoms with Gasteiger partial charge in [0.05, 0.1) is 18.2 Å². The number of halogens is 1. The number of carbonyl (C=O) groups excluding carboxylic acids is 1. The van der Waals surface area contributed by atoms with Crippen LogP contribution in [0.4, 0.5) is 5.69 Å². The molecule has 0 aliphatic carbocycles. The van der Waals surface area contributed by atoms with Gasteiger partial charge in [-0.1, -0.05) is 35.9 Å². The van der Waals surface area contributed by atoms with Gasteiger partial charge >= 0.3 is 0 Å². The summed E-state index contributed by atoms with van der Waals surface area (Å²) in [5, 5.41) is 12.2. The van der Waals surface area contributed by atoms with Crippen molar-refractivity contribution in [2.45, 2.75) is 12.2 Å². The third-order valence-corrected chi connectivity index (χ3v) is 4.19. The Kier molecular flexibility index (Phi) is 6.32. The van der Waals surface area contributed by atoms with E-state index >= 15 is 0 Å². The summed E-state index contributed by atoms with van der Waals surface area (Å²) < 4.78 is 0. The minimum Gasteiger partial charge on any atom is -0.325 e. The second kappa shape index (κ2) is 8.47. The van der Waals surface area contributed by atoms with Crippen molar-refractivity contribution in [3.05, 3.63) is 64.7 Å². The number of amides is 1. The number of nitrogens with zero attached hydrogens (tertiary/aromatic N) is 1. The van der Waals surface area contributed by atoms with Gasteiger partial charge in [0.1, 0.15) is 0 Å². The zero-order valence-electron chi connectivity index (χ0n) is 11.9. The first kappa shape index (κ1) is 16.4. The van der Waals surface area contributed by atoms with Crippen molar-refractivity contribution in [2.24, 2.45) is 0 Å². The van der Waals surface area contributed by atoms with Crippen LogP contribution in [0.1, 0.15) is 11.1 Å². The monoisotopic (exact) mass is 330 g/mol. The quantitative estimate of drug-likeness (QED) is 0.860. The Bertz CT molecular complexity index is 663. The van der Waals surface area contributed by atoms with Crippen LogP contribution in [-0.4, -0.2) is 11.7 Å². The van der Waals surface area contributed by atoms with Crippen LogP contribution >= 0.6 is 23.4 Å². The molecule has 0 fully saturated rings. The van der Waals surface area contributed by atoms with Gasteiger partial charge in [0.2, 0.25) is 5.91 Å². The van der Waals surface area contributed by atoms with Crippen molar-refractivity contribution in [1.82, 2.24) is 0 Å². The fourth-order valence-corrected chi connectivity index (χ4v) is 2.75. The van der Waals surface area contributed by atoms with E-state index in [2.05, 4.69) is 11.4 Å². The predicted molar refractivity (Wildman–Crippen MR) is 92.0 cm³/mol. The van der Waals surface area contributed by atoms with Crippen molar-refractivity contribution >= 4 is 35.0 Å². The van der Waals surface area contributed by atoms with Gasteiger partial charge in [-0.05, 0) is 35.4 Å². The molecule has 0 aliphatic heterocycles. The highest BCUT2D eigenvalue weighted by molar-refractivity contribution is 7.99. The highest BCUT2D eigenvalue weighted by Gasteiger charge is 2.03. The van der Waals surface area contributed by atoms with Gasteiger partial charge in [-0.15, -0.1) is 11.8 Å². The van der Waals surface area contributed by atoms with Crippen molar-refractivity contribution in [1.29, 1.82) is 5.26 Å². The summed E-state index contributed by atoms with van der Waals surface area (Å²) in [6, 6.07) is 17.0. The maximum Gasteiger partial charge on any atom is 0.234 e. The molecule has 0 bridgehead atoms. The molecule has 2 rings (SSSR count). The molecule has 0 aromatic heterocycles. The molecule has 0 unspecified atom stereocenters. The average molecular weight is 331 g/mol. The summed E-state index contributed by atoms with van der Waals surface area (Å²) in [5.41, 5.74) is 2.83. The van der Waals surface area contributed by atoms with Crippen LogP contribution in [0.15, 0.2) is 48.5 Å². The summed E-state index contributed by atoms with van der Waals surface area (Å²) in [6.45, 7) is 0. The number of hydrogen-bond donors (Lipinski definition) is 1. The average Bonchev–Trinajstić information content (AvgIpc) is 2.51. The highest BCUT2D eigenvalue weighted by atomic mass is 35.5. The second-order valence-corrected chi connectivity index (χ2v) is 6.12. The summed E-state index contributed by atoms with van der Waals surface area (Å²) >= 11 is 7.38. The van der Waals surface area contributed by atoms with Gasteiger partial charge in [0.15, 0.2) is 0 Å². The van der Waals surface area contributed by atoms with E-state index in [0.29, 0.717) is 17.2 Å². The number of rotatable bonds is 6. The fourth-order valence-electron chi connectivity index (χ4n) is 1.84. The molecule has 1 N–H and O–H groups in total. The molecule has 0 atom stereocenters. The number of nitriles is 1. The lowest BCUT2D eigenvalue weighted by atomic mass is 10.1. The molecule has 2 aromatic rings. The van der Waals surface area contributed by atoms with Crippen LogP contribution in [0.25, 0.3) is 0 Å². The lowest BCUT2D eigenvalue weighted by Gasteiger charge is -2.06. The van der Waals surface area contributed by atoms with Crippen LogP contribution in [0, 0.1) is 11.3 Å². The predicted octanol–water partition coefficient (Wildman–Crippen LogP) is 4.28. The number of benzene rings is 2. The first-order valence-corrected chi connectivity index (χ1v) is 8.28. The minimum atomic E-state index is -0.0352. The maximum absolute atomic E-state index is 11.9. The van der Waals surface area contributed by atoms with E-state index in [0.717, 1.165) is 22.6 Å². The normalized spacial score (nSPS) is 10.0. The van der Waals surface area contributed by atoms with Gasteiger partial charge < -0.3 is 5.32 Å². The number of anilines is 1. The van der Waals surface area contributed by atoms with Crippen molar-refractivity contribution in [2.75, 3.05) is 11.1 Å². The van der Waals surface area contributed by atoms with Crippen LogP contribution in [0.5, 0.6) is 0 Å². The van der Waals surface area contributed by atoms with Crippen LogP contribution in [0.3, 0.4) is 0 Å². The van der Waals surface area contributed by atoms with Gasteiger partial charge in [-0.3, -0.25) is 4.79 Å².